The molecule has 0 unspecified atom stereocenters. The number of ketones is 1. The molecule has 2 heterocycles. The first kappa shape index (κ1) is 20.4. The van der Waals surface area contributed by atoms with Crippen LogP contribution in [0.25, 0.3) is 0 Å². The smallest absolute Gasteiger partial charge is 0.340 e. The van der Waals surface area contributed by atoms with Gasteiger partial charge in [-0.05, 0) is 43.5 Å². The Labute approximate surface area is 167 Å². The van der Waals surface area contributed by atoms with E-state index in [-0.39, 0.29) is 24.5 Å². The fourth-order valence-corrected chi connectivity index (χ4v) is 3.75. The van der Waals surface area contributed by atoms with Crippen molar-refractivity contribution in [2.45, 2.75) is 25.3 Å². The van der Waals surface area contributed by atoms with E-state index in [4.69, 9.17) is 4.74 Å². The zero-order valence-corrected chi connectivity index (χ0v) is 16.9. The third kappa shape index (κ3) is 6.39. The largest absolute Gasteiger partial charge is 0.454 e. The Hall–Kier alpha value is -2.30. The number of aromatic nitrogens is 1. The highest BCUT2D eigenvalue weighted by molar-refractivity contribution is 7.88. The lowest BCUT2D eigenvalue weighted by Gasteiger charge is -2.05. The molecule has 0 bridgehead atoms. The number of nitrogens with zero attached hydrogens (tertiary/aromatic N) is 1. The molecule has 3 rings (SSSR count). The van der Waals surface area contributed by atoms with Crippen LogP contribution in [0.1, 0.15) is 37.7 Å². The fraction of sp³-hybridized carbons (Fsp3) is 0.389. The van der Waals surface area contributed by atoms with Crippen molar-refractivity contribution >= 4 is 38.9 Å². The molecule has 0 aromatic carbocycles. The molecule has 0 aliphatic heterocycles. The second-order valence-corrected chi connectivity index (χ2v) is 9.53. The zero-order chi connectivity index (χ0) is 20.1. The fourth-order valence-electron chi connectivity index (χ4n) is 2.34. The number of hydrogen-bond donors (Lipinski definition) is 2. The van der Waals surface area contributed by atoms with E-state index in [2.05, 4.69) is 15.0 Å². The summed E-state index contributed by atoms with van der Waals surface area (Å²) in [4.78, 5) is 29.8. The lowest BCUT2D eigenvalue weighted by molar-refractivity contribution is 0.0475. The molecule has 10 heteroatoms. The number of rotatable bonds is 10. The van der Waals surface area contributed by atoms with Crippen molar-refractivity contribution < 1.29 is 22.7 Å². The van der Waals surface area contributed by atoms with Gasteiger partial charge in [0.2, 0.25) is 15.8 Å². The standard InChI is InChI=1S/C18H21N3O5S2/c1-28(24,25)20-9-8-14-5-6-16(27-14)15(22)11-26-18(23)12-2-7-17(19-10-12)21-13-3-4-13/h2,5-7,10,13,20H,3-4,8-9,11H2,1H3,(H,19,21). The SMILES string of the molecule is CS(=O)(=O)NCCc1ccc(C(=O)COC(=O)c2ccc(NC3CC3)nc2)s1. The second kappa shape index (κ2) is 8.80. The van der Waals surface area contributed by atoms with E-state index in [0.717, 1.165) is 24.0 Å². The minimum Gasteiger partial charge on any atom is -0.454 e. The van der Waals surface area contributed by atoms with Gasteiger partial charge in [-0.3, -0.25) is 4.79 Å². The van der Waals surface area contributed by atoms with E-state index in [1.54, 1.807) is 24.3 Å². The molecule has 0 spiro atoms. The molecule has 1 aliphatic rings. The molecular weight excluding hydrogens is 402 g/mol. The Morgan fingerprint density at radius 2 is 2.04 bits per heavy atom. The molecule has 1 fully saturated rings. The number of nitrogens with one attached hydrogen (secondary N) is 2. The van der Waals surface area contributed by atoms with E-state index >= 15 is 0 Å². The normalized spacial score (nSPS) is 13.9. The number of thiophene rings is 1. The third-order valence-electron chi connectivity index (χ3n) is 3.94. The average molecular weight is 424 g/mol. The first-order valence-corrected chi connectivity index (χ1v) is 11.5. The molecule has 8 nitrogen and oxygen atoms in total. The lowest BCUT2D eigenvalue weighted by atomic mass is 10.3. The van der Waals surface area contributed by atoms with Crippen LogP contribution in [-0.4, -0.2) is 50.6 Å². The topological polar surface area (TPSA) is 114 Å². The molecule has 0 radical (unpaired) electrons. The van der Waals surface area contributed by atoms with E-state index in [9.17, 15) is 18.0 Å². The molecule has 1 saturated carbocycles. The molecule has 0 saturated heterocycles. The maximum atomic E-state index is 12.2. The summed E-state index contributed by atoms with van der Waals surface area (Å²) in [5, 5.41) is 3.22. The molecule has 0 amide bonds. The van der Waals surface area contributed by atoms with Gasteiger partial charge in [0.25, 0.3) is 0 Å². The number of sulfonamides is 1. The first-order valence-electron chi connectivity index (χ1n) is 8.76. The van der Waals surface area contributed by atoms with Crippen molar-refractivity contribution in [3.05, 3.63) is 45.8 Å². The maximum absolute atomic E-state index is 12.2. The van der Waals surface area contributed by atoms with Gasteiger partial charge in [0.1, 0.15) is 5.82 Å². The van der Waals surface area contributed by atoms with Crippen LogP contribution in [0.15, 0.2) is 30.5 Å². The number of ether oxygens (including phenoxy) is 1. The molecule has 28 heavy (non-hydrogen) atoms. The van der Waals surface area contributed by atoms with Gasteiger partial charge in [-0.25, -0.2) is 22.9 Å². The van der Waals surface area contributed by atoms with Crippen molar-refractivity contribution in [1.29, 1.82) is 0 Å². The summed E-state index contributed by atoms with van der Waals surface area (Å²) in [6.07, 6.45) is 5.27. The Morgan fingerprint density at radius 1 is 1.25 bits per heavy atom. The molecule has 2 aromatic rings. The summed E-state index contributed by atoms with van der Waals surface area (Å²) in [5.41, 5.74) is 0.285. The Balaban J connectivity index is 1.46. The summed E-state index contributed by atoms with van der Waals surface area (Å²) in [5.74, 6) is -0.194. The maximum Gasteiger partial charge on any atom is 0.340 e. The van der Waals surface area contributed by atoms with Gasteiger partial charge in [-0.2, -0.15) is 0 Å². The summed E-state index contributed by atoms with van der Waals surface area (Å²) < 4.78 is 29.6. The molecule has 2 aromatic heterocycles. The predicted octanol–water partition coefficient (Wildman–Crippen LogP) is 1.85. The third-order valence-corrected chi connectivity index (χ3v) is 5.85. The summed E-state index contributed by atoms with van der Waals surface area (Å²) in [6, 6.07) is 7.21. The van der Waals surface area contributed by atoms with Crippen LogP contribution in [0.3, 0.4) is 0 Å². The van der Waals surface area contributed by atoms with E-state index < -0.39 is 16.0 Å². The Morgan fingerprint density at radius 3 is 2.68 bits per heavy atom. The van der Waals surface area contributed by atoms with E-state index in [1.165, 1.54) is 17.5 Å². The van der Waals surface area contributed by atoms with Crippen LogP contribution in [0.5, 0.6) is 0 Å². The zero-order valence-electron chi connectivity index (χ0n) is 15.3. The second-order valence-electron chi connectivity index (χ2n) is 6.53. The quantitative estimate of drug-likeness (QED) is 0.443. The van der Waals surface area contributed by atoms with Gasteiger partial charge in [0.15, 0.2) is 6.61 Å². The summed E-state index contributed by atoms with van der Waals surface area (Å²) in [6.45, 7) is -0.0942. The van der Waals surface area contributed by atoms with Gasteiger partial charge < -0.3 is 10.1 Å². The number of carbonyl (C=O) groups is 2. The van der Waals surface area contributed by atoms with Crippen LogP contribution in [0.4, 0.5) is 5.82 Å². The number of carbonyl (C=O) groups excluding carboxylic acids is 2. The van der Waals surface area contributed by atoms with Crippen molar-refractivity contribution in [3.63, 3.8) is 0 Å². The number of Topliss-reactive ketones (excluding diaryl/α,β-unsaturated/α-hetero) is 1. The number of anilines is 1. The highest BCUT2D eigenvalue weighted by Gasteiger charge is 2.21. The van der Waals surface area contributed by atoms with Gasteiger partial charge in [-0.1, -0.05) is 0 Å². The van der Waals surface area contributed by atoms with Gasteiger partial charge in [0, 0.05) is 23.7 Å². The van der Waals surface area contributed by atoms with E-state index in [1.807, 2.05) is 0 Å². The predicted molar refractivity (Wildman–Crippen MR) is 106 cm³/mol. The Bertz CT molecular complexity index is 950. The average Bonchev–Trinajstić information content (AvgIpc) is 3.33. The highest BCUT2D eigenvalue weighted by atomic mass is 32.2. The van der Waals surface area contributed by atoms with Crippen LogP contribution in [-0.2, 0) is 21.2 Å². The number of pyridine rings is 1. The molecule has 0 atom stereocenters. The molecular formula is C18H21N3O5S2. The molecule has 2 N–H and O–H groups in total. The number of esters is 1. The summed E-state index contributed by atoms with van der Waals surface area (Å²) in [7, 11) is -3.23. The van der Waals surface area contributed by atoms with Gasteiger partial charge in [-0.15, -0.1) is 11.3 Å². The van der Waals surface area contributed by atoms with Crippen molar-refractivity contribution in [3.8, 4) is 0 Å². The molecule has 1 aliphatic carbocycles. The minimum absolute atomic E-state index is 0.264. The van der Waals surface area contributed by atoms with Crippen LogP contribution in [0, 0.1) is 0 Å². The van der Waals surface area contributed by atoms with Crippen LogP contribution in [0.2, 0.25) is 0 Å². The lowest BCUT2D eigenvalue weighted by Crippen LogP contribution is -2.24. The van der Waals surface area contributed by atoms with Crippen LogP contribution >= 0.6 is 11.3 Å². The highest BCUT2D eigenvalue weighted by Crippen LogP contribution is 2.23. The number of hydrogen-bond acceptors (Lipinski definition) is 8. The van der Waals surface area contributed by atoms with Gasteiger partial charge >= 0.3 is 5.97 Å². The molecule has 150 valence electrons. The van der Waals surface area contributed by atoms with Crippen molar-refractivity contribution in [2.75, 3.05) is 24.7 Å². The van der Waals surface area contributed by atoms with Crippen molar-refractivity contribution in [2.24, 2.45) is 0 Å². The Kier molecular flexibility index (Phi) is 6.42. The van der Waals surface area contributed by atoms with E-state index in [0.29, 0.717) is 23.2 Å². The van der Waals surface area contributed by atoms with Crippen LogP contribution < -0.4 is 10.0 Å². The van der Waals surface area contributed by atoms with Gasteiger partial charge in [0.05, 0.1) is 16.7 Å². The summed E-state index contributed by atoms with van der Waals surface area (Å²) >= 11 is 1.26. The monoisotopic (exact) mass is 423 g/mol. The van der Waals surface area contributed by atoms with Crippen molar-refractivity contribution in [1.82, 2.24) is 9.71 Å². The minimum atomic E-state index is -3.23. The first-order chi connectivity index (χ1) is 13.3.